The number of hydrogen-bond donors (Lipinski definition) is 3. The van der Waals surface area contributed by atoms with E-state index >= 15 is 0 Å². The molecule has 3 aromatic rings. The van der Waals surface area contributed by atoms with Gasteiger partial charge in [0.25, 0.3) is 17.5 Å². The Labute approximate surface area is 232 Å². The fourth-order valence-electron chi connectivity index (χ4n) is 5.37. The lowest BCUT2D eigenvalue weighted by Gasteiger charge is -2.33. The van der Waals surface area contributed by atoms with Gasteiger partial charge in [0.15, 0.2) is 0 Å². The minimum Gasteiger partial charge on any atom is -0.374 e. The van der Waals surface area contributed by atoms with Gasteiger partial charge in [-0.25, -0.2) is 0 Å². The molecule has 2 heterocycles. The molecule has 0 unspecified atom stereocenters. The van der Waals surface area contributed by atoms with Gasteiger partial charge in [0.2, 0.25) is 5.56 Å². The highest BCUT2D eigenvalue weighted by Gasteiger charge is 2.34. The number of anilines is 1. The van der Waals surface area contributed by atoms with E-state index in [-0.39, 0.29) is 46.1 Å². The summed E-state index contributed by atoms with van der Waals surface area (Å²) in [6.07, 6.45) is 2.08. The highest BCUT2D eigenvalue weighted by atomic mass is 79.9. The number of pyridine rings is 1. The average Bonchev–Trinajstić information content (AvgIpc) is 3.35. The summed E-state index contributed by atoms with van der Waals surface area (Å²) in [7, 11) is 1.99. The second-order valence-corrected chi connectivity index (χ2v) is 11.0. The van der Waals surface area contributed by atoms with Gasteiger partial charge in [-0.15, -0.1) is 0 Å². The number of amides is 2. The van der Waals surface area contributed by atoms with Crippen LogP contribution in [0.5, 0.6) is 0 Å². The van der Waals surface area contributed by atoms with Gasteiger partial charge in [-0.2, -0.15) is 0 Å². The standard InChI is InChI=1S/C27H29BrN6O5/c1-32-9-11-33(12-10-32)27(37)19-13-16(28)14-23(34(38)39)25(19)30-21-7-4-8-22(21)31-26(36)18-15-24(35)29-20-6-3-2-5-17(18)20/h2-3,5-6,13-15,21-22,30H,4,7-12H2,1H3,(H,29,35)(H,31,36)/t21-,22+/m1/s1. The molecule has 1 saturated carbocycles. The molecule has 204 valence electrons. The Hall–Kier alpha value is -3.77. The zero-order chi connectivity index (χ0) is 27.7. The molecule has 2 aromatic carbocycles. The number of rotatable bonds is 6. The van der Waals surface area contributed by atoms with Gasteiger partial charge in [-0.05, 0) is 38.4 Å². The van der Waals surface area contributed by atoms with Crippen molar-refractivity contribution >= 4 is 50.0 Å². The number of piperazine rings is 1. The molecule has 2 amide bonds. The number of benzene rings is 2. The lowest BCUT2D eigenvalue weighted by atomic mass is 10.0. The van der Waals surface area contributed by atoms with Gasteiger partial charge >= 0.3 is 0 Å². The molecule has 5 rings (SSSR count). The zero-order valence-corrected chi connectivity index (χ0v) is 23.0. The van der Waals surface area contributed by atoms with E-state index in [1.165, 1.54) is 12.1 Å². The Morgan fingerprint density at radius 1 is 1.05 bits per heavy atom. The first-order chi connectivity index (χ1) is 18.7. The maximum Gasteiger partial charge on any atom is 0.294 e. The van der Waals surface area contributed by atoms with Crippen molar-refractivity contribution in [2.75, 3.05) is 38.5 Å². The molecule has 1 aromatic heterocycles. The molecule has 11 nitrogen and oxygen atoms in total. The molecule has 2 atom stereocenters. The molecule has 0 radical (unpaired) electrons. The number of nitro groups is 1. The average molecular weight is 597 g/mol. The Morgan fingerprint density at radius 2 is 1.77 bits per heavy atom. The van der Waals surface area contributed by atoms with Crippen LogP contribution in [0, 0.1) is 10.1 Å². The molecular formula is C27H29BrN6O5. The monoisotopic (exact) mass is 596 g/mol. The summed E-state index contributed by atoms with van der Waals surface area (Å²) >= 11 is 3.33. The number of carbonyl (C=O) groups excluding carboxylic acids is 2. The Morgan fingerprint density at radius 3 is 2.51 bits per heavy atom. The van der Waals surface area contributed by atoms with E-state index in [4.69, 9.17) is 0 Å². The maximum absolute atomic E-state index is 13.6. The summed E-state index contributed by atoms with van der Waals surface area (Å²) in [5, 5.41) is 19.0. The van der Waals surface area contributed by atoms with Crippen LogP contribution in [0.4, 0.5) is 11.4 Å². The number of likely N-dealkylation sites (N-methyl/N-ethyl adjacent to an activating group) is 1. The van der Waals surface area contributed by atoms with Gasteiger partial charge in [0.1, 0.15) is 5.69 Å². The summed E-state index contributed by atoms with van der Waals surface area (Å²) in [6.45, 7) is 2.50. The van der Waals surface area contributed by atoms with Crippen LogP contribution in [-0.2, 0) is 0 Å². The van der Waals surface area contributed by atoms with Crippen LogP contribution >= 0.6 is 15.9 Å². The van der Waals surface area contributed by atoms with Crippen LogP contribution < -0.4 is 16.2 Å². The molecule has 0 bridgehead atoms. The lowest BCUT2D eigenvalue weighted by molar-refractivity contribution is -0.384. The fourth-order valence-corrected chi connectivity index (χ4v) is 5.81. The SMILES string of the molecule is CN1CCN(C(=O)c2cc(Br)cc([N+](=O)[O-])c2N[C@@H]2CCC[C@@H]2NC(=O)c2cc(=O)[nH]c3ccccc23)CC1. The van der Waals surface area contributed by atoms with Gasteiger partial charge in [-0.1, -0.05) is 34.1 Å². The summed E-state index contributed by atoms with van der Waals surface area (Å²) in [4.78, 5) is 57.2. The van der Waals surface area contributed by atoms with Crippen LogP contribution in [0.15, 0.2) is 51.7 Å². The Kier molecular flexibility index (Phi) is 7.67. The number of fused-ring (bicyclic) bond motifs is 1. The molecule has 1 saturated heterocycles. The predicted molar refractivity (Wildman–Crippen MR) is 151 cm³/mol. The third kappa shape index (κ3) is 5.66. The van der Waals surface area contributed by atoms with Crippen molar-refractivity contribution in [1.29, 1.82) is 0 Å². The summed E-state index contributed by atoms with van der Waals surface area (Å²) in [6, 6.07) is 10.7. The second-order valence-electron chi connectivity index (χ2n) is 10.1. The number of H-pyrrole nitrogens is 1. The number of hydrogen-bond acceptors (Lipinski definition) is 7. The maximum atomic E-state index is 13.6. The molecule has 3 N–H and O–H groups in total. The van der Waals surface area contributed by atoms with Crippen LogP contribution in [0.1, 0.15) is 40.0 Å². The van der Waals surface area contributed by atoms with E-state index < -0.39 is 10.8 Å². The molecular weight excluding hydrogens is 568 g/mol. The molecule has 2 aliphatic rings. The van der Waals surface area contributed by atoms with E-state index in [1.54, 1.807) is 35.2 Å². The quantitative estimate of drug-likeness (QED) is 0.293. The predicted octanol–water partition coefficient (Wildman–Crippen LogP) is 3.35. The van der Waals surface area contributed by atoms with Crippen molar-refractivity contribution in [2.24, 2.45) is 0 Å². The fraction of sp³-hybridized carbons (Fsp3) is 0.370. The number of nitrogens with zero attached hydrogens (tertiary/aromatic N) is 3. The number of aromatic amines is 1. The minimum atomic E-state index is -0.501. The molecule has 0 spiro atoms. The van der Waals surface area contributed by atoms with Crippen molar-refractivity contribution in [2.45, 2.75) is 31.3 Å². The largest absolute Gasteiger partial charge is 0.374 e. The van der Waals surface area contributed by atoms with Crippen molar-refractivity contribution < 1.29 is 14.5 Å². The summed E-state index contributed by atoms with van der Waals surface area (Å²) in [5.41, 5.74) is 0.615. The topological polar surface area (TPSA) is 141 Å². The number of nitrogens with one attached hydrogen (secondary N) is 3. The first-order valence-corrected chi connectivity index (χ1v) is 13.7. The normalized spacial score (nSPS) is 19.7. The van der Waals surface area contributed by atoms with Crippen molar-refractivity contribution in [3.63, 3.8) is 0 Å². The molecule has 12 heteroatoms. The number of halogens is 1. The number of aromatic nitrogens is 1. The molecule has 1 aliphatic carbocycles. The van der Waals surface area contributed by atoms with Crippen molar-refractivity contribution in [3.8, 4) is 0 Å². The summed E-state index contributed by atoms with van der Waals surface area (Å²) in [5.74, 6) is -0.668. The zero-order valence-electron chi connectivity index (χ0n) is 21.4. The van der Waals surface area contributed by atoms with E-state index in [1.807, 2.05) is 7.05 Å². The van der Waals surface area contributed by atoms with Crippen LogP contribution in [0.2, 0.25) is 0 Å². The van der Waals surface area contributed by atoms with Gasteiger partial charge in [-0.3, -0.25) is 24.5 Å². The number of carbonyl (C=O) groups is 2. The molecule has 39 heavy (non-hydrogen) atoms. The van der Waals surface area contributed by atoms with Gasteiger partial charge < -0.3 is 25.4 Å². The lowest BCUT2D eigenvalue weighted by Crippen LogP contribution is -2.47. The Balaban J connectivity index is 1.43. The highest BCUT2D eigenvalue weighted by molar-refractivity contribution is 9.10. The van der Waals surface area contributed by atoms with E-state index in [0.29, 0.717) is 41.3 Å². The van der Waals surface area contributed by atoms with Gasteiger partial charge in [0, 0.05) is 65.8 Å². The third-order valence-electron chi connectivity index (χ3n) is 7.46. The van der Waals surface area contributed by atoms with E-state index in [9.17, 15) is 24.5 Å². The first-order valence-electron chi connectivity index (χ1n) is 12.9. The van der Waals surface area contributed by atoms with E-state index in [0.717, 1.165) is 19.5 Å². The van der Waals surface area contributed by atoms with Crippen LogP contribution in [0.3, 0.4) is 0 Å². The first kappa shape index (κ1) is 26.8. The smallest absolute Gasteiger partial charge is 0.294 e. The van der Waals surface area contributed by atoms with Gasteiger partial charge in [0.05, 0.1) is 16.1 Å². The van der Waals surface area contributed by atoms with Crippen molar-refractivity contribution in [3.05, 3.63) is 78.5 Å². The summed E-state index contributed by atoms with van der Waals surface area (Å²) < 4.78 is 0.440. The van der Waals surface area contributed by atoms with Crippen LogP contribution in [-0.4, -0.2) is 76.8 Å². The highest BCUT2D eigenvalue weighted by Crippen LogP contribution is 2.36. The molecule has 2 fully saturated rings. The third-order valence-corrected chi connectivity index (χ3v) is 7.92. The Bertz CT molecular complexity index is 1500. The van der Waals surface area contributed by atoms with E-state index in [2.05, 4.69) is 36.4 Å². The number of para-hydroxylation sites is 1. The van der Waals surface area contributed by atoms with Crippen molar-refractivity contribution in [1.82, 2.24) is 20.1 Å². The second kappa shape index (κ2) is 11.1. The minimum absolute atomic E-state index is 0.153. The number of nitro benzene ring substituents is 1. The van der Waals surface area contributed by atoms with Crippen LogP contribution in [0.25, 0.3) is 10.9 Å². The molecule has 1 aliphatic heterocycles.